The normalized spacial score (nSPS) is 17.6. The zero-order chi connectivity index (χ0) is 14.5. The molecule has 1 saturated carbocycles. The molecule has 1 N–H and O–H groups in total. The van der Waals surface area contributed by atoms with E-state index in [9.17, 15) is 0 Å². The fourth-order valence-electron chi connectivity index (χ4n) is 3.30. The lowest BCUT2D eigenvalue weighted by atomic mass is 10.1. The van der Waals surface area contributed by atoms with Crippen molar-refractivity contribution in [3.63, 3.8) is 0 Å². The number of nitrogens with one attached hydrogen (secondary N) is 1. The standard InChI is InChI=1S/C17H31N3/c1-13(2)11-18-12-17-14(3)19-20(15(17)4)16-9-7-5-6-8-10-16/h13,16,18H,5-12H2,1-4H3. The van der Waals surface area contributed by atoms with E-state index in [1.165, 1.54) is 55.5 Å². The molecule has 0 radical (unpaired) electrons. The SMILES string of the molecule is Cc1nn(C2CCCCCC2)c(C)c1CNCC(C)C. The summed E-state index contributed by atoms with van der Waals surface area (Å²) in [4.78, 5) is 0. The molecule has 0 unspecified atom stereocenters. The van der Waals surface area contributed by atoms with Crippen LogP contribution in [0.4, 0.5) is 0 Å². The Morgan fingerprint density at radius 2 is 1.80 bits per heavy atom. The van der Waals surface area contributed by atoms with Gasteiger partial charge in [-0.1, -0.05) is 39.5 Å². The van der Waals surface area contributed by atoms with Crippen LogP contribution in [0.15, 0.2) is 0 Å². The minimum absolute atomic E-state index is 0.634. The maximum atomic E-state index is 4.85. The zero-order valence-electron chi connectivity index (χ0n) is 13.7. The molecule has 20 heavy (non-hydrogen) atoms. The smallest absolute Gasteiger partial charge is 0.0641 e. The fraction of sp³-hybridized carbons (Fsp3) is 0.824. The molecule has 0 amide bonds. The quantitative estimate of drug-likeness (QED) is 0.820. The Kier molecular flexibility index (Phi) is 5.64. The first-order valence-electron chi connectivity index (χ1n) is 8.35. The van der Waals surface area contributed by atoms with Crippen LogP contribution >= 0.6 is 0 Å². The summed E-state index contributed by atoms with van der Waals surface area (Å²) in [6.45, 7) is 10.9. The second-order valence-electron chi connectivity index (χ2n) is 6.76. The maximum absolute atomic E-state index is 4.85. The Labute approximate surface area is 124 Å². The van der Waals surface area contributed by atoms with Crippen molar-refractivity contribution in [2.75, 3.05) is 6.54 Å². The first-order chi connectivity index (χ1) is 9.59. The molecule has 1 aromatic rings. The van der Waals surface area contributed by atoms with Crippen LogP contribution in [0.2, 0.25) is 0 Å². The van der Waals surface area contributed by atoms with E-state index >= 15 is 0 Å². The van der Waals surface area contributed by atoms with Gasteiger partial charge in [-0.2, -0.15) is 5.10 Å². The van der Waals surface area contributed by atoms with Crippen molar-refractivity contribution in [3.05, 3.63) is 17.0 Å². The minimum Gasteiger partial charge on any atom is -0.312 e. The highest BCUT2D eigenvalue weighted by Gasteiger charge is 2.19. The van der Waals surface area contributed by atoms with Gasteiger partial charge in [0.2, 0.25) is 0 Å². The van der Waals surface area contributed by atoms with Crippen molar-refractivity contribution < 1.29 is 0 Å². The third kappa shape index (κ3) is 3.85. The van der Waals surface area contributed by atoms with Crippen LogP contribution in [0, 0.1) is 19.8 Å². The first-order valence-corrected chi connectivity index (χ1v) is 8.35. The lowest BCUT2D eigenvalue weighted by Gasteiger charge is -2.17. The van der Waals surface area contributed by atoms with E-state index < -0.39 is 0 Å². The molecule has 0 spiro atoms. The fourth-order valence-corrected chi connectivity index (χ4v) is 3.30. The van der Waals surface area contributed by atoms with Crippen molar-refractivity contribution >= 4 is 0 Å². The molecule has 1 heterocycles. The second kappa shape index (κ2) is 7.26. The van der Waals surface area contributed by atoms with Crippen LogP contribution < -0.4 is 5.32 Å². The predicted octanol–water partition coefficient (Wildman–Crippen LogP) is 4.14. The Morgan fingerprint density at radius 3 is 2.40 bits per heavy atom. The molecule has 0 bridgehead atoms. The van der Waals surface area contributed by atoms with Gasteiger partial charge in [0.25, 0.3) is 0 Å². The van der Waals surface area contributed by atoms with Gasteiger partial charge < -0.3 is 5.32 Å². The maximum Gasteiger partial charge on any atom is 0.0641 e. The lowest BCUT2D eigenvalue weighted by Crippen LogP contribution is -2.20. The summed E-state index contributed by atoms with van der Waals surface area (Å²) < 4.78 is 2.33. The molecular weight excluding hydrogens is 246 g/mol. The van der Waals surface area contributed by atoms with E-state index in [2.05, 4.69) is 37.7 Å². The largest absolute Gasteiger partial charge is 0.312 e. The summed E-state index contributed by atoms with van der Waals surface area (Å²) in [5, 5.41) is 8.41. The lowest BCUT2D eigenvalue weighted by molar-refractivity contribution is 0.396. The molecule has 3 heteroatoms. The van der Waals surface area contributed by atoms with Crippen molar-refractivity contribution in [1.82, 2.24) is 15.1 Å². The van der Waals surface area contributed by atoms with E-state index in [0.717, 1.165) is 13.1 Å². The highest BCUT2D eigenvalue weighted by molar-refractivity contribution is 5.24. The van der Waals surface area contributed by atoms with Gasteiger partial charge in [0, 0.05) is 17.8 Å². The zero-order valence-corrected chi connectivity index (χ0v) is 13.7. The average Bonchev–Trinajstić information content (AvgIpc) is 2.62. The Bertz CT molecular complexity index is 412. The molecule has 1 aliphatic carbocycles. The average molecular weight is 277 g/mol. The molecule has 3 nitrogen and oxygen atoms in total. The molecule has 0 aliphatic heterocycles. The topological polar surface area (TPSA) is 29.9 Å². The molecule has 0 aromatic carbocycles. The summed E-state index contributed by atoms with van der Waals surface area (Å²) in [6.07, 6.45) is 8.15. The van der Waals surface area contributed by atoms with E-state index in [1.807, 2.05) is 0 Å². The van der Waals surface area contributed by atoms with Crippen LogP contribution in [0.5, 0.6) is 0 Å². The van der Waals surface area contributed by atoms with Crippen molar-refractivity contribution in [3.8, 4) is 0 Å². The van der Waals surface area contributed by atoms with Crippen LogP contribution in [0.3, 0.4) is 0 Å². The number of aromatic nitrogens is 2. The third-order valence-corrected chi connectivity index (χ3v) is 4.50. The summed E-state index contributed by atoms with van der Waals surface area (Å²) in [5.74, 6) is 0.701. The van der Waals surface area contributed by atoms with Crippen LogP contribution in [0.25, 0.3) is 0 Å². The van der Waals surface area contributed by atoms with Gasteiger partial charge >= 0.3 is 0 Å². The highest BCUT2D eigenvalue weighted by Crippen LogP contribution is 2.29. The van der Waals surface area contributed by atoms with Gasteiger partial charge in [0.1, 0.15) is 0 Å². The van der Waals surface area contributed by atoms with Gasteiger partial charge in [-0.05, 0) is 39.2 Å². The summed E-state index contributed by atoms with van der Waals surface area (Å²) in [5.41, 5.74) is 4.00. The summed E-state index contributed by atoms with van der Waals surface area (Å²) >= 11 is 0. The van der Waals surface area contributed by atoms with Gasteiger partial charge in [0.05, 0.1) is 11.7 Å². The van der Waals surface area contributed by atoms with E-state index in [4.69, 9.17) is 5.10 Å². The van der Waals surface area contributed by atoms with Crippen molar-refractivity contribution in [1.29, 1.82) is 0 Å². The number of aryl methyl sites for hydroxylation is 1. The Balaban J connectivity index is 2.06. The molecule has 0 atom stereocenters. The molecular formula is C17H31N3. The van der Waals surface area contributed by atoms with E-state index in [0.29, 0.717) is 12.0 Å². The minimum atomic E-state index is 0.634. The highest BCUT2D eigenvalue weighted by atomic mass is 15.3. The third-order valence-electron chi connectivity index (χ3n) is 4.50. The Morgan fingerprint density at radius 1 is 1.15 bits per heavy atom. The van der Waals surface area contributed by atoms with Gasteiger partial charge in [-0.3, -0.25) is 4.68 Å². The number of hydrogen-bond acceptors (Lipinski definition) is 2. The molecule has 2 rings (SSSR count). The second-order valence-corrected chi connectivity index (χ2v) is 6.76. The summed E-state index contributed by atoms with van der Waals surface area (Å²) in [7, 11) is 0. The van der Waals surface area contributed by atoms with Crippen LogP contribution in [-0.2, 0) is 6.54 Å². The monoisotopic (exact) mass is 277 g/mol. The van der Waals surface area contributed by atoms with Gasteiger partial charge in [0.15, 0.2) is 0 Å². The van der Waals surface area contributed by atoms with E-state index in [-0.39, 0.29) is 0 Å². The predicted molar refractivity (Wildman–Crippen MR) is 85.0 cm³/mol. The number of nitrogens with zero attached hydrogens (tertiary/aromatic N) is 2. The molecule has 114 valence electrons. The van der Waals surface area contributed by atoms with Crippen molar-refractivity contribution in [2.45, 2.75) is 78.8 Å². The van der Waals surface area contributed by atoms with Crippen LogP contribution in [-0.4, -0.2) is 16.3 Å². The molecule has 0 saturated heterocycles. The van der Waals surface area contributed by atoms with Crippen molar-refractivity contribution in [2.24, 2.45) is 5.92 Å². The van der Waals surface area contributed by atoms with Gasteiger partial charge in [-0.15, -0.1) is 0 Å². The van der Waals surface area contributed by atoms with Crippen LogP contribution in [0.1, 0.15) is 75.4 Å². The molecule has 1 aromatic heterocycles. The molecule has 1 aliphatic rings. The van der Waals surface area contributed by atoms with Gasteiger partial charge in [-0.25, -0.2) is 0 Å². The first kappa shape index (κ1) is 15.6. The molecule has 1 fully saturated rings. The number of hydrogen-bond donors (Lipinski definition) is 1. The number of rotatable bonds is 5. The van der Waals surface area contributed by atoms with E-state index in [1.54, 1.807) is 0 Å². The summed E-state index contributed by atoms with van der Waals surface area (Å²) in [6, 6.07) is 0.634. The Hall–Kier alpha value is -0.830.